The summed E-state index contributed by atoms with van der Waals surface area (Å²) in [7, 11) is 3.18. The fourth-order valence-corrected chi connectivity index (χ4v) is 1.66. The van der Waals surface area contributed by atoms with Crippen molar-refractivity contribution in [2.75, 3.05) is 14.2 Å². The first kappa shape index (κ1) is 14.3. The SMILES string of the molecule is CCC(C)(N)c1nc(-c2cc(OC)cc(OC)c2)no1. The monoisotopic (exact) mass is 277 g/mol. The molecule has 0 bridgehead atoms. The van der Waals surface area contributed by atoms with E-state index in [9.17, 15) is 0 Å². The highest BCUT2D eigenvalue weighted by Gasteiger charge is 2.26. The van der Waals surface area contributed by atoms with Crippen LogP contribution < -0.4 is 15.2 Å². The van der Waals surface area contributed by atoms with Crippen molar-refractivity contribution in [2.24, 2.45) is 5.73 Å². The molecule has 0 saturated carbocycles. The van der Waals surface area contributed by atoms with E-state index in [1.165, 1.54) is 0 Å². The molecule has 0 spiro atoms. The Morgan fingerprint density at radius 2 is 1.80 bits per heavy atom. The van der Waals surface area contributed by atoms with Crippen molar-refractivity contribution >= 4 is 0 Å². The minimum atomic E-state index is -0.631. The fourth-order valence-electron chi connectivity index (χ4n) is 1.66. The summed E-state index contributed by atoms with van der Waals surface area (Å²) < 4.78 is 15.7. The molecule has 0 aliphatic rings. The van der Waals surface area contributed by atoms with Crippen LogP contribution in [0.1, 0.15) is 26.2 Å². The number of benzene rings is 1. The first-order chi connectivity index (χ1) is 9.50. The van der Waals surface area contributed by atoms with Gasteiger partial charge in [-0.1, -0.05) is 12.1 Å². The van der Waals surface area contributed by atoms with Crippen LogP contribution in [-0.4, -0.2) is 24.4 Å². The number of ether oxygens (including phenoxy) is 2. The van der Waals surface area contributed by atoms with E-state index in [1.807, 2.05) is 26.0 Å². The van der Waals surface area contributed by atoms with Crippen molar-refractivity contribution in [1.82, 2.24) is 10.1 Å². The van der Waals surface area contributed by atoms with Gasteiger partial charge in [-0.3, -0.25) is 0 Å². The van der Waals surface area contributed by atoms with Crippen LogP contribution in [0.4, 0.5) is 0 Å². The van der Waals surface area contributed by atoms with Crippen LogP contribution >= 0.6 is 0 Å². The number of nitrogens with zero attached hydrogens (tertiary/aromatic N) is 2. The molecule has 108 valence electrons. The molecular weight excluding hydrogens is 258 g/mol. The van der Waals surface area contributed by atoms with Gasteiger partial charge in [0.2, 0.25) is 11.7 Å². The van der Waals surface area contributed by atoms with Crippen LogP contribution in [0.2, 0.25) is 0 Å². The van der Waals surface area contributed by atoms with Crippen molar-refractivity contribution < 1.29 is 14.0 Å². The lowest BCUT2D eigenvalue weighted by Gasteiger charge is -2.16. The second-order valence-electron chi connectivity index (χ2n) is 4.80. The highest BCUT2D eigenvalue weighted by atomic mass is 16.5. The summed E-state index contributed by atoms with van der Waals surface area (Å²) in [6.45, 7) is 3.83. The first-order valence-electron chi connectivity index (χ1n) is 6.36. The van der Waals surface area contributed by atoms with Gasteiger partial charge in [0, 0.05) is 11.6 Å². The van der Waals surface area contributed by atoms with Gasteiger partial charge in [-0.25, -0.2) is 0 Å². The number of hydrogen-bond acceptors (Lipinski definition) is 6. The molecule has 0 aliphatic heterocycles. The molecule has 0 saturated heterocycles. The Balaban J connectivity index is 2.42. The van der Waals surface area contributed by atoms with E-state index < -0.39 is 5.54 Å². The minimum absolute atomic E-state index is 0.414. The molecule has 0 aliphatic carbocycles. The maximum atomic E-state index is 6.10. The first-order valence-corrected chi connectivity index (χ1v) is 6.36. The third-order valence-corrected chi connectivity index (χ3v) is 3.26. The summed E-state index contributed by atoms with van der Waals surface area (Å²) in [5.74, 6) is 2.20. The largest absolute Gasteiger partial charge is 0.497 e. The van der Waals surface area contributed by atoms with Crippen LogP contribution in [0.15, 0.2) is 22.7 Å². The predicted octanol–water partition coefficient (Wildman–Crippen LogP) is 2.34. The number of rotatable bonds is 5. The fraction of sp³-hybridized carbons (Fsp3) is 0.429. The molecule has 6 heteroatoms. The molecule has 1 aromatic heterocycles. The topological polar surface area (TPSA) is 83.4 Å². The van der Waals surface area contributed by atoms with Gasteiger partial charge < -0.3 is 19.7 Å². The van der Waals surface area contributed by atoms with Crippen LogP contribution in [-0.2, 0) is 5.54 Å². The molecule has 20 heavy (non-hydrogen) atoms. The van der Waals surface area contributed by atoms with E-state index in [1.54, 1.807) is 20.3 Å². The van der Waals surface area contributed by atoms with Crippen LogP contribution in [0.3, 0.4) is 0 Å². The summed E-state index contributed by atoms with van der Waals surface area (Å²) in [5, 5.41) is 3.97. The summed E-state index contributed by atoms with van der Waals surface area (Å²) in [5.41, 5.74) is 6.22. The average molecular weight is 277 g/mol. The van der Waals surface area contributed by atoms with Gasteiger partial charge in [-0.05, 0) is 25.5 Å². The molecule has 1 aromatic carbocycles. The molecule has 6 nitrogen and oxygen atoms in total. The molecule has 2 aromatic rings. The third kappa shape index (κ3) is 2.75. The zero-order valence-electron chi connectivity index (χ0n) is 12.1. The highest BCUT2D eigenvalue weighted by Crippen LogP contribution is 2.29. The number of aromatic nitrogens is 2. The predicted molar refractivity (Wildman–Crippen MR) is 74.7 cm³/mol. The summed E-state index contributed by atoms with van der Waals surface area (Å²) in [6.07, 6.45) is 0.704. The lowest BCUT2D eigenvalue weighted by atomic mass is 10.0. The van der Waals surface area contributed by atoms with Gasteiger partial charge in [0.05, 0.1) is 19.8 Å². The van der Waals surface area contributed by atoms with E-state index >= 15 is 0 Å². The molecule has 2 rings (SSSR count). The van der Waals surface area contributed by atoms with Gasteiger partial charge in [0.1, 0.15) is 11.5 Å². The summed E-state index contributed by atoms with van der Waals surface area (Å²) in [4.78, 5) is 4.36. The maximum absolute atomic E-state index is 6.10. The standard InChI is InChI=1S/C14H19N3O3/c1-5-14(2,15)13-16-12(17-20-13)9-6-10(18-3)8-11(7-9)19-4/h6-8H,5,15H2,1-4H3. The Kier molecular flexibility index (Phi) is 3.94. The van der Waals surface area contributed by atoms with Crippen molar-refractivity contribution in [3.05, 3.63) is 24.1 Å². The summed E-state index contributed by atoms with van der Waals surface area (Å²) in [6, 6.07) is 5.41. The summed E-state index contributed by atoms with van der Waals surface area (Å²) >= 11 is 0. The van der Waals surface area contributed by atoms with Crippen molar-refractivity contribution in [1.29, 1.82) is 0 Å². The molecule has 0 radical (unpaired) electrons. The smallest absolute Gasteiger partial charge is 0.246 e. The van der Waals surface area contributed by atoms with Gasteiger partial charge in [0.15, 0.2) is 0 Å². The highest BCUT2D eigenvalue weighted by molar-refractivity contribution is 5.60. The second-order valence-corrected chi connectivity index (χ2v) is 4.80. The van der Waals surface area contributed by atoms with Gasteiger partial charge in [0.25, 0.3) is 0 Å². The van der Waals surface area contributed by atoms with E-state index in [4.69, 9.17) is 19.7 Å². The Bertz CT molecular complexity index is 571. The van der Waals surface area contributed by atoms with E-state index in [0.717, 1.165) is 5.56 Å². The normalized spacial score (nSPS) is 13.8. The quantitative estimate of drug-likeness (QED) is 0.903. The molecule has 1 unspecified atom stereocenters. The lowest BCUT2D eigenvalue weighted by molar-refractivity contribution is 0.291. The molecular formula is C14H19N3O3. The molecule has 0 fully saturated rings. The molecule has 1 heterocycles. The van der Waals surface area contributed by atoms with Crippen LogP contribution in [0.25, 0.3) is 11.4 Å². The van der Waals surface area contributed by atoms with Gasteiger partial charge in [-0.15, -0.1) is 0 Å². The Labute approximate surface area is 117 Å². The lowest BCUT2D eigenvalue weighted by Crippen LogP contribution is -2.32. The maximum Gasteiger partial charge on any atom is 0.246 e. The van der Waals surface area contributed by atoms with Crippen molar-refractivity contribution in [2.45, 2.75) is 25.8 Å². The molecule has 2 N–H and O–H groups in total. The van der Waals surface area contributed by atoms with E-state index in [2.05, 4.69) is 10.1 Å². The minimum Gasteiger partial charge on any atom is -0.497 e. The van der Waals surface area contributed by atoms with Crippen molar-refractivity contribution in [3.63, 3.8) is 0 Å². The Morgan fingerprint density at radius 1 is 1.20 bits per heavy atom. The zero-order valence-corrected chi connectivity index (χ0v) is 12.1. The van der Waals surface area contributed by atoms with Crippen LogP contribution in [0, 0.1) is 0 Å². The molecule has 0 amide bonds. The molecule has 1 atom stereocenters. The van der Waals surface area contributed by atoms with E-state index in [0.29, 0.717) is 29.6 Å². The van der Waals surface area contributed by atoms with Crippen LogP contribution in [0.5, 0.6) is 11.5 Å². The number of methoxy groups -OCH3 is 2. The average Bonchev–Trinajstić information content (AvgIpc) is 2.97. The van der Waals surface area contributed by atoms with Crippen molar-refractivity contribution in [3.8, 4) is 22.9 Å². The zero-order chi connectivity index (χ0) is 14.8. The Hall–Kier alpha value is -2.08. The van der Waals surface area contributed by atoms with E-state index in [-0.39, 0.29) is 0 Å². The third-order valence-electron chi connectivity index (χ3n) is 3.26. The second kappa shape index (κ2) is 5.50. The van der Waals surface area contributed by atoms with Gasteiger partial charge >= 0.3 is 0 Å². The Morgan fingerprint density at radius 3 is 2.30 bits per heavy atom. The number of hydrogen-bond donors (Lipinski definition) is 1. The number of nitrogens with two attached hydrogens (primary N) is 1. The van der Waals surface area contributed by atoms with Gasteiger partial charge in [-0.2, -0.15) is 4.98 Å².